The molecule has 12 heteroatoms. The molecule has 1 amide bonds. The fraction of sp³-hybridized carbons (Fsp3) is 0.312. The first-order chi connectivity index (χ1) is 13.6. The number of amides is 1. The third kappa shape index (κ3) is 4.17. The van der Waals surface area contributed by atoms with Crippen LogP contribution in [0.1, 0.15) is 15.9 Å². The molecule has 4 rings (SSSR count). The van der Waals surface area contributed by atoms with Gasteiger partial charge in [0.1, 0.15) is 11.9 Å². The van der Waals surface area contributed by atoms with Crippen molar-refractivity contribution in [1.82, 2.24) is 40.3 Å². The van der Waals surface area contributed by atoms with Gasteiger partial charge in [-0.15, -0.1) is 5.10 Å². The number of hydrogen-bond acceptors (Lipinski definition) is 8. The number of likely N-dealkylation sites (tertiary alicyclic amines) is 1. The maximum atomic E-state index is 12.8. The molecule has 0 unspecified atom stereocenters. The predicted octanol–water partition coefficient (Wildman–Crippen LogP) is -0.843. The van der Waals surface area contributed by atoms with Gasteiger partial charge in [0, 0.05) is 31.4 Å². The summed E-state index contributed by atoms with van der Waals surface area (Å²) in [6.07, 6.45) is 6.41. The van der Waals surface area contributed by atoms with Crippen molar-refractivity contribution in [1.29, 1.82) is 0 Å². The standard InChI is InChI=1S/C15H16N8O2.CH2O2/c24-13-8-22(7-11(13)5-10-1-3-16-4-2-10)15(25)12-6-17-19-14(12)23-9-18-20-21-23;2-1-3/h1-4,6,9,11,13,24H,5,7-8H2,(H,17,19);1H,(H,2,3)/t11-,13+;/m1./s1. The van der Waals surface area contributed by atoms with Crippen molar-refractivity contribution in [3.05, 3.63) is 48.2 Å². The van der Waals surface area contributed by atoms with Crippen molar-refractivity contribution in [2.24, 2.45) is 5.92 Å². The van der Waals surface area contributed by atoms with E-state index in [1.54, 1.807) is 17.3 Å². The second-order valence-corrected chi connectivity index (χ2v) is 6.09. The number of H-pyrrole nitrogens is 1. The average Bonchev–Trinajstić information content (AvgIpc) is 3.44. The number of aliphatic hydroxyl groups excluding tert-OH is 1. The lowest BCUT2D eigenvalue weighted by Gasteiger charge is -2.16. The molecule has 1 aliphatic rings. The molecule has 0 aromatic carbocycles. The highest BCUT2D eigenvalue weighted by Gasteiger charge is 2.35. The number of tetrazole rings is 1. The Balaban J connectivity index is 0.000000706. The van der Waals surface area contributed by atoms with Gasteiger partial charge in [-0.25, -0.2) is 0 Å². The SMILES string of the molecule is O=C(c1cn[nH]c1-n1cnnn1)N1C[C@@H](Cc2ccncc2)[C@@H](O)C1.O=CO. The predicted molar refractivity (Wildman–Crippen MR) is 93.3 cm³/mol. The lowest BCUT2D eigenvalue weighted by molar-refractivity contribution is -0.122. The van der Waals surface area contributed by atoms with Crippen LogP contribution in [0.3, 0.4) is 0 Å². The zero-order valence-corrected chi connectivity index (χ0v) is 14.7. The van der Waals surface area contributed by atoms with Crippen molar-refractivity contribution in [3.63, 3.8) is 0 Å². The lowest BCUT2D eigenvalue weighted by Crippen LogP contribution is -2.30. The van der Waals surface area contributed by atoms with E-state index in [0.29, 0.717) is 24.3 Å². The quantitative estimate of drug-likeness (QED) is 0.485. The number of hydrogen-bond donors (Lipinski definition) is 3. The van der Waals surface area contributed by atoms with Crippen molar-refractivity contribution in [3.8, 4) is 5.82 Å². The molecule has 3 N–H and O–H groups in total. The van der Waals surface area contributed by atoms with E-state index in [4.69, 9.17) is 9.90 Å². The normalized spacial score (nSPS) is 18.4. The Kier molecular flexibility index (Phi) is 6.01. The molecule has 3 aromatic heterocycles. The van der Waals surface area contributed by atoms with Gasteiger partial charge in [0.05, 0.1) is 12.3 Å². The summed E-state index contributed by atoms with van der Waals surface area (Å²) >= 11 is 0. The smallest absolute Gasteiger partial charge is 0.290 e. The number of aromatic nitrogens is 7. The molecule has 4 heterocycles. The van der Waals surface area contributed by atoms with E-state index in [1.165, 1.54) is 17.2 Å². The molecule has 0 spiro atoms. The van der Waals surface area contributed by atoms with Gasteiger partial charge in [0.15, 0.2) is 5.82 Å². The number of β-amino-alcohol motifs (C(OH)–C–C–N with tert-alkyl or cyclic N) is 1. The summed E-state index contributed by atoms with van der Waals surface area (Å²) < 4.78 is 1.35. The Morgan fingerprint density at radius 2 is 2.07 bits per heavy atom. The van der Waals surface area contributed by atoms with Gasteiger partial charge in [-0.2, -0.15) is 9.78 Å². The van der Waals surface area contributed by atoms with Gasteiger partial charge < -0.3 is 15.1 Å². The third-order valence-electron chi connectivity index (χ3n) is 4.37. The van der Waals surface area contributed by atoms with Crippen molar-refractivity contribution in [2.45, 2.75) is 12.5 Å². The topological polar surface area (TPSA) is 163 Å². The van der Waals surface area contributed by atoms with Crippen LogP contribution in [-0.2, 0) is 11.2 Å². The highest BCUT2D eigenvalue weighted by Crippen LogP contribution is 2.24. The molecule has 2 atom stereocenters. The van der Waals surface area contributed by atoms with Crippen LogP contribution in [0.15, 0.2) is 37.1 Å². The third-order valence-corrected chi connectivity index (χ3v) is 4.37. The number of carboxylic acid groups (broad SMARTS) is 1. The molecular weight excluding hydrogens is 368 g/mol. The van der Waals surface area contributed by atoms with Gasteiger partial charge >= 0.3 is 0 Å². The molecular formula is C16H18N8O4. The average molecular weight is 386 g/mol. The minimum absolute atomic E-state index is 0.0188. The largest absolute Gasteiger partial charge is 0.483 e. The number of aromatic amines is 1. The van der Waals surface area contributed by atoms with Crippen LogP contribution in [0.2, 0.25) is 0 Å². The van der Waals surface area contributed by atoms with Gasteiger partial charge in [-0.1, -0.05) is 0 Å². The summed E-state index contributed by atoms with van der Waals surface area (Å²) in [6, 6.07) is 3.84. The van der Waals surface area contributed by atoms with E-state index in [0.717, 1.165) is 5.56 Å². The highest BCUT2D eigenvalue weighted by molar-refractivity contribution is 5.97. The Morgan fingerprint density at radius 1 is 1.32 bits per heavy atom. The molecule has 28 heavy (non-hydrogen) atoms. The molecule has 0 aliphatic carbocycles. The minimum Gasteiger partial charge on any atom is -0.483 e. The van der Waals surface area contributed by atoms with Gasteiger partial charge in [0.25, 0.3) is 12.4 Å². The lowest BCUT2D eigenvalue weighted by atomic mass is 9.97. The van der Waals surface area contributed by atoms with Crippen LogP contribution in [0.25, 0.3) is 5.82 Å². The number of aliphatic hydroxyl groups is 1. The zero-order valence-electron chi connectivity index (χ0n) is 14.7. The van der Waals surface area contributed by atoms with Crippen molar-refractivity contribution in [2.75, 3.05) is 13.1 Å². The summed E-state index contributed by atoms with van der Waals surface area (Å²) in [6.45, 7) is 0.511. The van der Waals surface area contributed by atoms with Crippen LogP contribution >= 0.6 is 0 Å². The first-order valence-electron chi connectivity index (χ1n) is 8.34. The highest BCUT2D eigenvalue weighted by atomic mass is 16.3. The maximum Gasteiger partial charge on any atom is 0.290 e. The molecule has 0 saturated carbocycles. The molecule has 146 valence electrons. The van der Waals surface area contributed by atoms with E-state index in [-0.39, 0.29) is 24.8 Å². The van der Waals surface area contributed by atoms with Gasteiger partial charge in [-0.3, -0.25) is 19.7 Å². The Hall–Kier alpha value is -3.67. The summed E-state index contributed by atoms with van der Waals surface area (Å²) in [5, 5.41) is 34.8. The van der Waals surface area contributed by atoms with Crippen LogP contribution in [0.5, 0.6) is 0 Å². The first-order valence-corrected chi connectivity index (χ1v) is 8.34. The molecule has 1 fully saturated rings. The van der Waals surface area contributed by atoms with Gasteiger partial charge in [0.2, 0.25) is 0 Å². The molecule has 12 nitrogen and oxygen atoms in total. The molecule has 3 aromatic rings. The molecule has 1 aliphatic heterocycles. The number of carbonyl (C=O) groups is 2. The molecule has 1 saturated heterocycles. The van der Waals surface area contributed by atoms with Crippen molar-refractivity contribution < 1.29 is 19.8 Å². The fourth-order valence-corrected chi connectivity index (χ4v) is 3.09. The number of nitrogens with one attached hydrogen (secondary N) is 1. The minimum atomic E-state index is -0.569. The zero-order chi connectivity index (χ0) is 19.9. The van der Waals surface area contributed by atoms with E-state index in [9.17, 15) is 9.90 Å². The number of pyridine rings is 1. The Labute approximate surface area is 158 Å². The number of carbonyl (C=O) groups excluding carboxylic acids is 1. The van der Waals surface area contributed by atoms with Gasteiger partial charge in [-0.05, 0) is 34.5 Å². The van der Waals surface area contributed by atoms with Crippen LogP contribution < -0.4 is 0 Å². The van der Waals surface area contributed by atoms with E-state index in [1.807, 2.05) is 12.1 Å². The van der Waals surface area contributed by atoms with E-state index in [2.05, 4.69) is 30.7 Å². The maximum absolute atomic E-state index is 12.8. The summed E-state index contributed by atoms with van der Waals surface area (Å²) in [5.41, 5.74) is 1.45. The van der Waals surface area contributed by atoms with E-state index >= 15 is 0 Å². The summed E-state index contributed by atoms with van der Waals surface area (Å²) in [5.74, 6) is 0.173. The van der Waals surface area contributed by atoms with Crippen LogP contribution in [0.4, 0.5) is 0 Å². The number of rotatable bonds is 4. The Bertz CT molecular complexity index is 899. The van der Waals surface area contributed by atoms with Crippen LogP contribution in [0, 0.1) is 5.92 Å². The summed E-state index contributed by atoms with van der Waals surface area (Å²) in [4.78, 5) is 26.8. The fourth-order valence-electron chi connectivity index (χ4n) is 3.09. The van der Waals surface area contributed by atoms with Crippen LogP contribution in [-0.4, -0.2) is 82.1 Å². The Morgan fingerprint density at radius 3 is 2.75 bits per heavy atom. The summed E-state index contributed by atoms with van der Waals surface area (Å²) in [7, 11) is 0. The second kappa shape index (κ2) is 8.81. The first kappa shape index (κ1) is 19.1. The monoisotopic (exact) mass is 386 g/mol. The van der Waals surface area contributed by atoms with E-state index < -0.39 is 6.10 Å². The van der Waals surface area contributed by atoms with Crippen molar-refractivity contribution >= 4 is 12.4 Å². The molecule has 0 radical (unpaired) electrons. The molecule has 0 bridgehead atoms. The second-order valence-electron chi connectivity index (χ2n) is 6.09. The number of nitrogens with zero attached hydrogens (tertiary/aromatic N) is 7.